The number of hydrogen-bond acceptors (Lipinski definition) is 2. The van der Waals surface area contributed by atoms with E-state index >= 15 is 0 Å². The molecule has 1 aromatic rings. The molecule has 2 N–H and O–H groups in total. The number of carbonyl (C=O) groups is 1. The second-order valence-electron chi connectivity index (χ2n) is 7.78. The highest BCUT2D eigenvalue weighted by atomic mass is 16.1. The van der Waals surface area contributed by atoms with Crippen LogP contribution in [-0.4, -0.2) is 22.1 Å². The van der Waals surface area contributed by atoms with E-state index in [1.54, 1.807) is 6.20 Å². The third-order valence-electron chi connectivity index (χ3n) is 4.12. The molecule has 1 aliphatic carbocycles. The average Bonchev–Trinajstić information content (AvgIpc) is 2.74. The van der Waals surface area contributed by atoms with Crippen molar-refractivity contribution in [1.82, 2.24) is 15.5 Å². The van der Waals surface area contributed by atoms with Gasteiger partial charge in [-0.1, -0.05) is 27.7 Å². The topological polar surface area (TPSA) is 57.8 Å². The van der Waals surface area contributed by atoms with Gasteiger partial charge in [0.25, 0.3) is 0 Å². The Labute approximate surface area is 121 Å². The Morgan fingerprint density at radius 1 is 1.35 bits per heavy atom. The molecular formula is C16H27N3O. The van der Waals surface area contributed by atoms with Crippen LogP contribution in [0.1, 0.15) is 58.9 Å². The number of rotatable bonds is 4. The van der Waals surface area contributed by atoms with Gasteiger partial charge < -0.3 is 5.32 Å². The fraction of sp³-hybridized carbons (Fsp3) is 0.750. The molecule has 1 amide bonds. The van der Waals surface area contributed by atoms with Crippen LogP contribution in [0, 0.1) is 10.8 Å². The number of H-pyrrole nitrogens is 1. The van der Waals surface area contributed by atoms with Crippen LogP contribution in [0.5, 0.6) is 0 Å². The Kier molecular flexibility index (Phi) is 4.21. The van der Waals surface area contributed by atoms with Crippen molar-refractivity contribution in [1.29, 1.82) is 0 Å². The van der Waals surface area contributed by atoms with Crippen LogP contribution in [0.2, 0.25) is 0 Å². The molecule has 0 unspecified atom stereocenters. The SMILES string of the molecule is CC1(C)CC(NC(=O)CCc2cn[nH]c2)CC(C)(C)C1. The Hall–Kier alpha value is -1.32. The van der Waals surface area contributed by atoms with Crippen molar-refractivity contribution in [3.63, 3.8) is 0 Å². The van der Waals surface area contributed by atoms with Gasteiger partial charge in [-0.3, -0.25) is 9.89 Å². The zero-order chi connectivity index (χ0) is 14.8. The van der Waals surface area contributed by atoms with Crippen LogP contribution in [0.15, 0.2) is 12.4 Å². The molecule has 1 saturated carbocycles. The number of amides is 1. The Balaban J connectivity index is 1.84. The van der Waals surface area contributed by atoms with E-state index in [1.165, 1.54) is 6.42 Å². The van der Waals surface area contributed by atoms with Crippen molar-refractivity contribution in [2.45, 2.75) is 65.8 Å². The van der Waals surface area contributed by atoms with Crippen molar-refractivity contribution in [3.8, 4) is 0 Å². The summed E-state index contributed by atoms with van der Waals surface area (Å²) in [6.07, 6.45) is 8.29. The van der Waals surface area contributed by atoms with E-state index in [0.717, 1.165) is 24.8 Å². The Morgan fingerprint density at radius 2 is 2.00 bits per heavy atom. The summed E-state index contributed by atoms with van der Waals surface area (Å²) in [6, 6.07) is 0.311. The predicted molar refractivity (Wildman–Crippen MR) is 80.3 cm³/mol. The summed E-state index contributed by atoms with van der Waals surface area (Å²) in [5.74, 6) is 0.157. The molecule has 1 aliphatic rings. The summed E-state index contributed by atoms with van der Waals surface area (Å²) in [7, 11) is 0. The average molecular weight is 277 g/mol. The zero-order valence-electron chi connectivity index (χ0n) is 13.1. The highest BCUT2D eigenvalue weighted by molar-refractivity contribution is 5.76. The van der Waals surface area contributed by atoms with Crippen LogP contribution >= 0.6 is 0 Å². The summed E-state index contributed by atoms with van der Waals surface area (Å²) in [5, 5.41) is 9.89. The third kappa shape index (κ3) is 4.36. The van der Waals surface area contributed by atoms with E-state index in [4.69, 9.17) is 0 Å². The smallest absolute Gasteiger partial charge is 0.220 e. The summed E-state index contributed by atoms with van der Waals surface area (Å²) >= 11 is 0. The van der Waals surface area contributed by atoms with Gasteiger partial charge in [-0.15, -0.1) is 0 Å². The van der Waals surface area contributed by atoms with E-state index in [0.29, 0.717) is 23.3 Å². The van der Waals surface area contributed by atoms with Crippen LogP contribution in [0.4, 0.5) is 0 Å². The predicted octanol–water partition coefficient (Wildman–Crippen LogP) is 3.06. The monoisotopic (exact) mass is 277 g/mol. The number of hydrogen-bond donors (Lipinski definition) is 2. The molecule has 20 heavy (non-hydrogen) atoms. The molecule has 0 aliphatic heterocycles. The lowest BCUT2D eigenvalue weighted by Gasteiger charge is -2.45. The van der Waals surface area contributed by atoms with Crippen LogP contribution in [0.25, 0.3) is 0 Å². The van der Waals surface area contributed by atoms with Crippen molar-refractivity contribution in [2.24, 2.45) is 10.8 Å². The quantitative estimate of drug-likeness (QED) is 0.888. The number of nitrogens with zero attached hydrogens (tertiary/aromatic N) is 1. The van der Waals surface area contributed by atoms with Gasteiger partial charge in [-0.05, 0) is 42.1 Å². The first-order chi connectivity index (χ1) is 9.26. The van der Waals surface area contributed by atoms with Crippen molar-refractivity contribution >= 4 is 5.91 Å². The fourth-order valence-corrected chi connectivity index (χ4v) is 3.92. The van der Waals surface area contributed by atoms with E-state index in [2.05, 4.69) is 43.2 Å². The first kappa shape index (κ1) is 15.1. The molecule has 4 nitrogen and oxygen atoms in total. The maximum absolute atomic E-state index is 12.1. The van der Waals surface area contributed by atoms with E-state index < -0.39 is 0 Å². The summed E-state index contributed by atoms with van der Waals surface area (Å²) in [5.41, 5.74) is 1.71. The summed E-state index contributed by atoms with van der Waals surface area (Å²) < 4.78 is 0. The van der Waals surface area contributed by atoms with Gasteiger partial charge in [-0.2, -0.15) is 5.10 Å². The number of nitrogens with one attached hydrogen (secondary N) is 2. The highest BCUT2D eigenvalue weighted by Crippen LogP contribution is 2.45. The normalized spacial score (nSPS) is 21.6. The van der Waals surface area contributed by atoms with E-state index in [9.17, 15) is 4.79 Å². The minimum atomic E-state index is 0.157. The van der Waals surface area contributed by atoms with E-state index in [-0.39, 0.29) is 5.91 Å². The Bertz CT molecular complexity index is 432. The molecule has 4 heteroatoms. The van der Waals surface area contributed by atoms with E-state index in [1.807, 2.05) is 6.20 Å². The Morgan fingerprint density at radius 3 is 2.55 bits per heavy atom. The van der Waals surface area contributed by atoms with Crippen molar-refractivity contribution < 1.29 is 4.79 Å². The molecule has 0 radical (unpaired) electrons. The molecule has 1 aromatic heterocycles. The molecule has 112 valence electrons. The minimum Gasteiger partial charge on any atom is -0.353 e. The molecule has 0 atom stereocenters. The molecule has 0 spiro atoms. The second kappa shape index (κ2) is 5.58. The van der Waals surface area contributed by atoms with Crippen LogP contribution in [-0.2, 0) is 11.2 Å². The molecule has 1 heterocycles. The third-order valence-corrected chi connectivity index (χ3v) is 4.12. The number of carbonyl (C=O) groups excluding carboxylic acids is 1. The van der Waals surface area contributed by atoms with Gasteiger partial charge in [0.1, 0.15) is 0 Å². The standard InChI is InChI=1S/C16H27N3O/c1-15(2)7-13(8-16(3,4)11-15)19-14(20)6-5-12-9-17-18-10-12/h9-10,13H,5-8,11H2,1-4H3,(H,17,18)(H,19,20). The van der Waals surface area contributed by atoms with Gasteiger partial charge in [0, 0.05) is 18.7 Å². The summed E-state index contributed by atoms with van der Waals surface area (Å²) in [6.45, 7) is 9.22. The lowest BCUT2D eigenvalue weighted by molar-refractivity contribution is -0.122. The molecule has 0 saturated heterocycles. The van der Waals surface area contributed by atoms with Gasteiger partial charge in [0.15, 0.2) is 0 Å². The van der Waals surface area contributed by atoms with Gasteiger partial charge >= 0.3 is 0 Å². The lowest BCUT2D eigenvalue weighted by atomic mass is 9.63. The first-order valence-corrected chi connectivity index (χ1v) is 7.53. The van der Waals surface area contributed by atoms with Gasteiger partial charge in [-0.25, -0.2) is 0 Å². The van der Waals surface area contributed by atoms with Crippen LogP contribution < -0.4 is 5.32 Å². The van der Waals surface area contributed by atoms with Gasteiger partial charge in [0.2, 0.25) is 5.91 Å². The number of aromatic nitrogens is 2. The minimum absolute atomic E-state index is 0.157. The molecule has 0 aromatic carbocycles. The zero-order valence-corrected chi connectivity index (χ0v) is 13.1. The molecular weight excluding hydrogens is 250 g/mol. The second-order valence-corrected chi connectivity index (χ2v) is 7.78. The van der Waals surface area contributed by atoms with Gasteiger partial charge in [0.05, 0.1) is 6.20 Å². The highest BCUT2D eigenvalue weighted by Gasteiger charge is 2.38. The molecule has 0 bridgehead atoms. The fourth-order valence-electron chi connectivity index (χ4n) is 3.92. The molecule has 1 fully saturated rings. The maximum Gasteiger partial charge on any atom is 0.220 e. The largest absolute Gasteiger partial charge is 0.353 e. The first-order valence-electron chi connectivity index (χ1n) is 7.53. The van der Waals surface area contributed by atoms with Crippen molar-refractivity contribution in [3.05, 3.63) is 18.0 Å². The van der Waals surface area contributed by atoms with Crippen LogP contribution in [0.3, 0.4) is 0 Å². The number of aromatic amines is 1. The maximum atomic E-state index is 12.1. The molecule has 2 rings (SSSR count). The number of aryl methyl sites for hydroxylation is 1. The van der Waals surface area contributed by atoms with Crippen molar-refractivity contribution in [2.75, 3.05) is 0 Å². The lowest BCUT2D eigenvalue weighted by Crippen LogP contribution is -2.46. The summed E-state index contributed by atoms with van der Waals surface area (Å²) in [4.78, 5) is 12.1.